The predicted molar refractivity (Wildman–Crippen MR) is 71.6 cm³/mol. The lowest BCUT2D eigenvalue weighted by atomic mass is 9.92. The summed E-state index contributed by atoms with van der Waals surface area (Å²) in [5.74, 6) is 0. The number of hydrogen-bond acceptors (Lipinski definition) is 3. The summed E-state index contributed by atoms with van der Waals surface area (Å²) >= 11 is 1.71. The Hall–Kier alpha value is -0.870. The first-order valence-corrected chi connectivity index (χ1v) is 7.26. The molecule has 0 bridgehead atoms. The lowest BCUT2D eigenvalue weighted by Crippen LogP contribution is -2.36. The molecule has 1 atom stereocenters. The molecule has 2 aromatic rings. The van der Waals surface area contributed by atoms with Gasteiger partial charge in [0.15, 0.2) is 4.96 Å². The van der Waals surface area contributed by atoms with Crippen molar-refractivity contribution >= 4 is 16.3 Å². The first-order valence-electron chi connectivity index (χ1n) is 6.38. The normalized spacial score (nSPS) is 19.6. The zero-order valence-electron chi connectivity index (χ0n) is 10.4. The minimum atomic E-state index is 0.472. The number of imidazole rings is 1. The van der Waals surface area contributed by atoms with Gasteiger partial charge in [0.05, 0.1) is 5.69 Å². The van der Waals surface area contributed by atoms with Crippen LogP contribution in [0.4, 0.5) is 0 Å². The Morgan fingerprint density at radius 3 is 3.06 bits per heavy atom. The lowest BCUT2D eigenvalue weighted by Gasteiger charge is -2.23. The fourth-order valence-electron chi connectivity index (χ4n) is 2.67. The van der Waals surface area contributed by atoms with Crippen LogP contribution >= 0.6 is 11.3 Å². The molecule has 92 valence electrons. The van der Waals surface area contributed by atoms with Gasteiger partial charge in [-0.2, -0.15) is 0 Å². The van der Waals surface area contributed by atoms with Crippen LogP contribution in [0.3, 0.4) is 0 Å². The SMILES string of the molecule is CCNC(C)C1(Cc2cn3ccsc3n2)CC1. The number of fused-ring (bicyclic) bond motifs is 1. The van der Waals surface area contributed by atoms with Crippen molar-refractivity contribution in [2.75, 3.05) is 6.54 Å². The zero-order valence-corrected chi connectivity index (χ0v) is 11.3. The number of aromatic nitrogens is 2. The maximum Gasteiger partial charge on any atom is 0.193 e. The number of rotatable bonds is 5. The van der Waals surface area contributed by atoms with Crippen LogP contribution in [0.1, 0.15) is 32.4 Å². The van der Waals surface area contributed by atoms with E-state index in [1.807, 2.05) is 0 Å². The quantitative estimate of drug-likeness (QED) is 0.883. The zero-order chi connectivity index (χ0) is 11.9. The average Bonchev–Trinajstić information content (AvgIpc) is 2.76. The molecule has 0 aliphatic heterocycles. The second-order valence-corrected chi connectivity index (χ2v) is 6.02. The van der Waals surface area contributed by atoms with Gasteiger partial charge in [0.25, 0.3) is 0 Å². The lowest BCUT2D eigenvalue weighted by molar-refractivity contribution is 0.353. The van der Waals surface area contributed by atoms with Gasteiger partial charge in [-0.15, -0.1) is 11.3 Å². The molecule has 1 aliphatic carbocycles. The standard InChI is InChI=1S/C13H19N3S/c1-3-14-10(2)13(4-5-13)8-11-9-16-6-7-17-12(16)15-11/h6-7,9-10,14H,3-5,8H2,1-2H3. The summed E-state index contributed by atoms with van der Waals surface area (Å²) in [5, 5.41) is 5.65. The highest BCUT2D eigenvalue weighted by atomic mass is 32.1. The van der Waals surface area contributed by atoms with E-state index < -0.39 is 0 Å². The van der Waals surface area contributed by atoms with Crippen molar-refractivity contribution in [3.63, 3.8) is 0 Å². The van der Waals surface area contributed by atoms with Crippen LogP contribution in [-0.2, 0) is 6.42 Å². The maximum absolute atomic E-state index is 4.69. The molecule has 0 saturated heterocycles. The first kappa shape index (κ1) is 11.2. The Morgan fingerprint density at radius 1 is 1.59 bits per heavy atom. The molecule has 0 amide bonds. The van der Waals surface area contributed by atoms with Crippen LogP contribution in [0.2, 0.25) is 0 Å². The average molecular weight is 249 g/mol. The largest absolute Gasteiger partial charge is 0.314 e. The molecule has 0 aromatic carbocycles. The molecule has 3 rings (SSSR count). The van der Waals surface area contributed by atoms with E-state index in [1.165, 1.54) is 18.5 Å². The molecule has 4 heteroatoms. The van der Waals surface area contributed by atoms with Crippen LogP contribution in [0, 0.1) is 5.41 Å². The predicted octanol–water partition coefficient (Wildman–Crippen LogP) is 2.72. The van der Waals surface area contributed by atoms with Gasteiger partial charge in [-0.25, -0.2) is 4.98 Å². The second-order valence-electron chi connectivity index (χ2n) is 5.14. The molecular formula is C13H19N3S. The Kier molecular flexibility index (Phi) is 2.71. The van der Waals surface area contributed by atoms with E-state index in [2.05, 4.69) is 41.3 Å². The van der Waals surface area contributed by atoms with Crippen molar-refractivity contribution < 1.29 is 0 Å². The number of hydrogen-bond donors (Lipinski definition) is 1. The Morgan fingerprint density at radius 2 is 2.41 bits per heavy atom. The summed E-state index contributed by atoms with van der Waals surface area (Å²) in [5.41, 5.74) is 1.72. The van der Waals surface area contributed by atoms with Gasteiger partial charge in [0.2, 0.25) is 0 Å². The van der Waals surface area contributed by atoms with E-state index in [0.29, 0.717) is 11.5 Å². The second kappa shape index (κ2) is 4.10. The third-order valence-electron chi connectivity index (χ3n) is 4.00. The van der Waals surface area contributed by atoms with Crippen molar-refractivity contribution in [3.05, 3.63) is 23.5 Å². The molecule has 1 aliphatic rings. The van der Waals surface area contributed by atoms with Crippen molar-refractivity contribution in [1.29, 1.82) is 0 Å². The van der Waals surface area contributed by atoms with Crippen molar-refractivity contribution in [2.45, 2.75) is 39.2 Å². The van der Waals surface area contributed by atoms with Crippen LogP contribution in [-0.4, -0.2) is 22.0 Å². The highest BCUT2D eigenvalue weighted by Gasteiger charge is 2.47. The van der Waals surface area contributed by atoms with Gasteiger partial charge in [0, 0.05) is 23.8 Å². The monoisotopic (exact) mass is 249 g/mol. The maximum atomic E-state index is 4.69. The molecule has 2 aromatic heterocycles. The van der Waals surface area contributed by atoms with Gasteiger partial charge < -0.3 is 5.32 Å². The van der Waals surface area contributed by atoms with E-state index in [1.54, 1.807) is 11.3 Å². The number of nitrogens with zero attached hydrogens (tertiary/aromatic N) is 2. The summed E-state index contributed by atoms with van der Waals surface area (Å²) in [6.07, 6.45) is 8.07. The van der Waals surface area contributed by atoms with Gasteiger partial charge in [-0.1, -0.05) is 6.92 Å². The smallest absolute Gasteiger partial charge is 0.193 e. The van der Waals surface area contributed by atoms with E-state index in [-0.39, 0.29) is 0 Å². The third-order valence-corrected chi connectivity index (χ3v) is 4.77. The van der Waals surface area contributed by atoms with Gasteiger partial charge in [-0.3, -0.25) is 4.40 Å². The third kappa shape index (κ3) is 2.00. The molecule has 2 heterocycles. The van der Waals surface area contributed by atoms with Gasteiger partial charge in [-0.05, 0) is 38.1 Å². The summed E-state index contributed by atoms with van der Waals surface area (Å²) < 4.78 is 2.13. The van der Waals surface area contributed by atoms with Crippen molar-refractivity contribution in [1.82, 2.24) is 14.7 Å². The number of nitrogens with one attached hydrogen (secondary N) is 1. The summed E-state index contributed by atoms with van der Waals surface area (Å²) in [6, 6.07) is 0.604. The fourth-order valence-corrected chi connectivity index (χ4v) is 3.39. The van der Waals surface area contributed by atoms with Gasteiger partial charge in [0.1, 0.15) is 0 Å². The van der Waals surface area contributed by atoms with Crippen LogP contribution < -0.4 is 5.32 Å². The van der Waals surface area contributed by atoms with Crippen molar-refractivity contribution in [3.8, 4) is 0 Å². The minimum absolute atomic E-state index is 0.472. The van der Waals surface area contributed by atoms with Crippen molar-refractivity contribution in [2.24, 2.45) is 5.41 Å². The Labute approximate surface area is 106 Å². The van der Waals surface area contributed by atoms with Gasteiger partial charge >= 0.3 is 0 Å². The van der Waals surface area contributed by atoms with E-state index in [9.17, 15) is 0 Å². The molecule has 0 spiro atoms. The van der Waals surface area contributed by atoms with Crippen LogP contribution in [0.15, 0.2) is 17.8 Å². The first-order chi connectivity index (χ1) is 8.23. The molecule has 1 fully saturated rings. The minimum Gasteiger partial charge on any atom is -0.314 e. The summed E-state index contributed by atoms with van der Waals surface area (Å²) in [7, 11) is 0. The molecule has 1 unspecified atom stereocenters. The topological polar surface area (TPSA) is 29.3 Å². The molecule has 17 heavy (non-hydrogen) atoms. The van der Waals surface area contributed by atoms with E-state index in [4.69, 9.17) is 4.98 Å². The highest BCUT2D eigenvalue weighted by Crippen LogP contribution is 2.51. The molecule has 1 N–H and O–H groups in total. The summed E-state index contributed by atoms with van der Waals surface area (Å²) in [6.45, 7) is 5.55. The van der Waals surface area contributed by atoms with E-state index >= 15 is 0 Å². The highest BCUT2D eigenvalue weighted by molar-refractivity contribution is 7.15. The molecule has 0 radical (unpaired) electrons. The molecular weight excluding hydrogens is 230 g/mol. The molecule has 3 nitrogen and oxygen atoms in total. The number of thiazole rings is 1. The molecule has 1 saturated carbocycles. The Balaban J connectivity index is 1.76. The Bertz CT molecular complexity index is 481. The fraction of sp³-hybridized carbons (Fsp3) is 0.615. The summed E-state index contributed by atoms with van der Waals surface area (Å²) in [4.78, 5) is 5.81. The van der Waals surface area contributed by atoms with E-state index in [0.717, 1.165) is 17.9 Å². The van der Waals surface area contributed by atoms with Crippen LogP contribution in [0.5, 0.6) is 0 Å². The van der Waals surface area contributed by atoms with Crippen LogP contribution in [0.25, 0.3) is 4.96 Å².